The van der Waals surface area contributed by atoms with Crippen LogP contribution in [-0.4, -0.2) is 42.1 Å². The number of carbonyl (C=O) groups is 1. The lowest BCUT2D eigenvalue weighted by atomic mass is 10.1. The number of aromatic nitrogens is 5. The van der Waals surface area contributed by atoms with Gasteiger partial charge in [0.05, 0.1) is 34.5 Å². The van der Waals surface area contributed by atoms with Crippen LogP contribution in [0.1, 0.15) is 19.4 Å². The topological polar surface area (TPSA) is 110 Å². The van der Waals surface area contributed by atoms with Crippen LogP contribution in [0.5, 0.6) is 5.88 Å². The first-order valence-electron chi connectivity index (χ1n) is 10.2. The highest BCUT2D eigenvalue weighted by atomic mass is 79.9. The normalized spacial score (nSPS) is 12.0. The zero-order chi connectivity index (χ0) is 22.8. The molecule has 3 aromatic heterocycles. The number of aryl methyl sites for hydroxylation is 2. The molecule has 0 spiro atoms. The maximum atomic E-state index is 12.2. The number of rotatable bonds is 7. The number of ether oxygens (including phenoxy) is 1. The van der Waals surface area contributed by atoms with Gasteiger partial charge in [0.15, 0.2) is 0 Å². The standard InChI is InChI=1S/C22H24BrN7O2/c1-5-32-21-17(11-30(4)29-21)27-22-25-9-12(2)18(28-22)15-10-24-19-14(15)7-6-8-16(19)26-20(31)13(3)23/h6-11,13,24H,5H2,1-4H3,(H,26,31)(H,25,27,28)/t13-/m0/s1. The van der Waals surface area contributed by atoms with Crippen LogP contribution in [0.25, 0.3) is 22.2 Å². The van der Waals surface area contributed by atoms with E-state index in [9.17, 15) is 4.79 Å². The minimum absolute atomic E-state index is 0.111. The quantitative estimate of drug-likeness (QED) is 0.323. The Bertz CT molecular complexity index is 1280. The number of para-hydroxylation sites is 1. The van der Waals surface area contributed by atoms with E-state index in [0.717, 1.165) is 27.7 Å². The molecule has 0 saturated heterocycles. The number of halogens is 1. The molecule has 1 amide bonds. The monoisotopic (exact) mass is 497 g/mol. The second-order valence-corrected chi connectivity index (χ2v) is 8.71. The van der Waals surface area contributed by atoms with Crippen LogP contribution in [0, 0.1) is 6.92 Å². The van der Waals surface area contributed by atoms with Crippen LogP contribution >= 0.6 is 15.9 Å². The molecule has 32 heavy (non-hydrogen) atoms. The van der Waals surface area contributed by atoms with Crippen LogP contribution in [0.2, 0.25) is 0 Å². The van der Waals surface area contributed by atoms with E-state index in [1.807, 2.05) is 51.5 Å². The van der Waals surface area contributed by atoms with Crippen molar-refractivity contribution >= 4 is 50.1 Å². The lowest BCUT2D eigenvalue weighted by Crippen LogP contribution is -2.19. The number of H-pyrrole nitrogens is 1. The lowest BCUT2D eigenvalue weighted by molar-refractivity contribution is -0.115. The number of amides is 1. The molecule has 0 bridgehead atoms. The summed E-state index contributed by atoms with van der Waals surface area (Å²) in [6, 6.07) is 5.78. The van der Waals surface area contributed by atoms with Gasteiger partial charge in [-0.2, -0.15) is 0 Å². The number of hydrogen-bond donors (Lipinski definition) is 3. The molecule has 1 aromatic carbocycles. The Morgan fingerprint density at radius 3 is 2.91 bits per heavy atom. The molecular weight excluding hydrogens is 474 g/mol. The molecule has 0 fully saturated rings. The van der Waals surface area contributed by atoms with Gasteiger partial charge in [-0.3, -0.25) is 9.48 Å². The average Bonchev–Trinajstić information content (AvgIpc) is 3.33. The van der Waals surface area contributed by atoms with E-state index in [2.05, 4.69) is 41.6 Å². The molecule has 1 atom stereocenters. The number of nitrogens with one attached hydrogen (secondary N) is 3. The van der Waals surface area contributed by atoms with Crippen molar-refractivity contribution in [3.63, 3.8) is 0 Å². The second kappa shape index (κ2) is 8.99. The fraction of sp³-hybridized carbons (Fsp3) is 0.273. The molecule has 0 aliphatic rings. The summed E-state index contributed by atoms with van der Waals surface area (Å²) in [5, 5.41) is 11.4. The molecule has 0 aliphatic heterocycles. The van der Waals surface area contributed by atoms with Gasteiger partial charge in [-0.15, -0.1) is 5.10 Å². The van der Waals surface area contributed by atoms with Crippen LogP contribution in [0.4, 0.5) is 17.3 Å². The molecule has 4 aromatic rings. The van der Waals surface area contributed by atoms with E-state index in [1.165, 1.54) is 0 Å². The third-order valence-electron chi connectivity index (χ3n) is 4.88. The number of nitrogens with zero attached hydrogens (tertiary/aromatic N) is 4. The molecule has 0 radical (unpaired) electrons. The van der Waals surface area contributed by atoms with E-state index in [-0.39, 0.29) is 10.7 Å². The van der Waals surface area contributed by atoms with Gasteiger partial charge in [0.1, 0.15) is 5.69 Å². The first-order valence-corrected chi connectivity index (χ1v) is 11.1. The highest BCUT2D eigenvalue weighted by molar-refractivity contribution is 9.10. The summed E-state index contributed by atoms with van der Waals surface area (Å²) < 4.78 is 7.25. The van der Waals surface area contributed by atoms with Crippen molar-refractivity contribution in [2.24, 2.45) is 7.05 Å². The maximum absolute atomic E-state index is 12.2. The van der Waals surface area contributed by atoms with Crippen LogP contribution in [0.15, 0.2) is 36.8 Å². The highest BCUT2D eigenvalue weighted by Crippen LogP contribution is 2.34. The van der Waals surface area contributed by atoms with Crippen molar-refractivity contribution in [1.82, 2.24) is 24.7 Å². The number of anilines is 3. The Morgan fingerprint density at radius 2 is 2.16 bits per heavy atom. The summed E-state index contributed by atoms with van der Waals surface area (Å²) in [6.07, 6.45) is 5.49. The van der Waals surface area contributed by atoms with Crippen molar-refractivity contribution in [2.45, 2.75) is 25.6 Å². The van der Waals surface area contributed by atoms with E-state index in [0.29, 0.717) is 29.8 Å². The van der Waals surface area contributed by atoms with Crippen molar-refractivity contribution in [2.75, 3.05) is 17.2 Å². The Balaban J connectivity index is 1.71. The lowest BCUT2D eigenvalue weighted by Gasteiger charge is -2.10. The minimum atomic E-state index is -0.293. The summed E-state index contributed by atoms with van der Waals surface area (Å²) in [4.78, 5) is 24.3. The smallest absolute Gasteiger partial charge is 0.256 e. The molecule has 10 heteroatoms. The van der Waals surface area contributed by atoms with Crippen LogP contribution in [0.3, 0.4) is 0 Å². The molecule has 9 nitrogen and oxygen atoms in total. The van der Waals surface area contributed by atoms with Crippen LogP contribution in [-0.2, 0) is 11.8 Å². The zero-order valence-electron chi connectivity index (χ0n) is 18.2. The van der Waals surface area contributed by atoms with Crippen molar-refractivity contribution in [3.8, 4) is 17.1 Å². The van der Waals surface area contributed by atoms with E-state index >= 15 is 0 Å². The van der Waals surface area contributed by atoms with Crippen molar-refractivity contribution in [3.05, 3.63) is 42.4 Å². The molecule has 4 rings (SSSR count). The largest absolute Gasteiger partial charge is 0.475 e. The Labute approximate surface area is 193 Å². The van der Waals surface area contributed by atoms with Gasteiger partial charge in [-0.05, 0) is 32.4 Å². The van der Waals surface area contributed by atoms with E-state index < -0.39 is 0 Å². The predicted octanol–water partition coefficient (Wildman–Crippen LogP) is 4.53. The summed E-state index contributed by atoms with van der Waals surface area (Å²) >= 11 is 3.30. The summed E-state index contributed by atoms with van der Waals surface area (Å²) in [5.41, 5.74) is 4.87. The maximum Gasteiger partial charge on any atom is 0.256 e. The number of hydrogen-bond acceptors (Lipinski definition) is 6. The van der Waals surface area contributed by atoms with Crippen molar-refractivity contribution in [1.29, 1.82) is 0 Å². The highest BCUT2D eigenvalue weighted by Gasteiger charge is 2.17. The summed E-state index contributed by atoms with van der Waals surface area (Å²) in [6.45, 7) is 6.17. The summed E-state index contributed by atoms with van der Waals surface area (Å²) in [5.74, 6) is 0.820. The SMILES string of the molecule is CCOc1nn(C)cc1Nc1ncc(C)c(-c2c[nH]c3c(NC(=O)[C@H](C)Br)cccc23)n1. The van der Waals surface area contributed by atoms with E-state index in [1.54, 1.807) is 17.8 Å². The third-order valence-corrected chi connectivity index (χ3v) is 5.30. The Kier molecular flexibility index (Phi) is 6.13. The molecule has 0 aliphatic carbocycles. The Hall–Kier alpha value is -3.40. The first kappa shape index (κ1) is 21.8. The fourth-order valence-electron chi connectivity index (χ4n) is 3.38. The third kappa shape index (κ3) is 4.31. The van der Waals surface area contributed by atoms with Gasteiger partial charge in [0.2, 0.25) is 11.9 Å². The summed E-state index contributed by atoms with van der Waals surface area (Å²) in [7, 11) is 1.83. The van der Waals surface area contributed by atoms with Gasteiger partial charge in [0.25, 0.3) is 5.88 Å². The average molecular weight is 498 g/mol. The number of alkyl halides is 1. The molecule has 0 saturated carbocycles. The van der Waals surface area contributed by atoms with Gasteiger partial charge >= 0.3 is 0 Å². The van der Waals surface area contributed by atoms with Gasteiger partial charge in [0, 0.05) is 30.4 Å². The first-order chi connectivity index (χ1) is 15.4. The minimum Gasteiger partial charge on any atom is -0.475 e. The molecule has 0 unspecified atom stereocenters. The fourth-order valence-corrected chi connectivity index (χ4v) is 3.49. The number of carbonyl (C=O) groups excluding carboxylic acids is 1. The number of aromatic amines is 1. The zero-order valence-corrected chi connectivity index (χ0v) is 19.8. The molecule has 3 N–H and O–H groups in total. The molecular formula is C22H24BrN7O2. The number of fused-ring (bicyclic) bond motifs is 1. The van der Waals surface area contributed by atoms with Crippen LogP contribution < -0.4 is 15.4 Å². The second-order valence-electron chi connectivity index (χ2n) is 7.34. The Morgan fingerprint density at radius 1 is 1.34 bits per heavy atom. The predicted molar refractivity (Wildman–Crippen MR) is 129 cm³/mol. The number of benzene rings is 1. The molecule has 166 valence electrons. The van der Waals surface area contributed by atoms with E-state index in [4.69, 9.17) is 9.72 Å². The van der Waals surface area contributed by atoms with Crippen molar-refractivity contribution < 1.29 is 9.53 Å². The molecule has 3 heterocycles. The van der Waals surface area contributed by atoms with Gasteiger partial charge in [-0.25, -0.2) is 9.97 Å². The van der Waals surface area contributed by atoms with Gasteiger partial charge in [-0.1, -0.05) is 28.1 Å². The van der Waals surface area contributed by atoms with Gasteiger partial charge < -0.3 is 20.4 Å².